The molecular weight excluding hydrogens is 404 g/mol. The Balaban J connectivity index is 1.14. The number of rotatable bonds is 5. The van der Waals surface area contributed by atoms with Gasteiger partial charge in [0.1, 0.15) is 6.04 Å². The standard InChI is InChI=1S/C25H34N4O3/c30-23-6-5-22(24(31)27-23)29-16-19-15-18(3-4-21(19)25(29)32)2-1-17-9-13-28(14-10-17)20-7-11-26-12-8-20/h3-4,15,17,20,22,26H,1-2,5-14,16H2,(H,27,30,31). The zero-order valence-electron chi connectivity index (χ0n) is 18.8. The number of hydrogen-bond donors (Lipinski definition) is 2. The van der Waals surface area contributed by atoms with Crippen molar-refractivity contribution in [2.75, 3.05) is 26.2 Å². The van der Waals surface area contributed by atoms with E-state index in [9.17, 15) is 14.4 Å². The molecule has 1 aromatic carbocycles. The van der Waals surface area contributed by atoms with Crippen LogP contribution in [0.25, 0.3) is 0 Å². The Morgan fingerprint density at radius 1 is 0.969 bits per heavy atom. The number of carbonyl (C=O) groups excluding carboxylic acids is 3. The second kappa shape index (κ2) is 9.32. The summed E-state index contributed by atoms with van der Waals surface area (Å²) in [5, 5.41) is 5.83. The zero-order valence-corrected chi connectivity index (χ0v) is 18.8. The molecule has 1 atom stereocenters. The Hall–Kier alpha value is -2.25. The van der Waals surface area contributed by atoms with Crippen molar-refractivity contribution in [1.82, 2.24) is 20.4 Å². The number of amides is 3. The molecule has 3 fully saturated rings. The monoisotopic (exact) mass is 438 g/mol. The molecule has 7 heteroatoms. The van der Waals surface area contributed by atoms with Crippen LogP contribution < -0.4 is 10.6 Å². The Kier molecular flexibility index (Phi) is 6.28. The lowest BCUT2D eigenvalue weighted by molar-refractivity contribution is -0.136. The lowest BCUT2D eigenvalue weighted by atomic mass is 9.88. The fraction of sp³-hybridized carbons (Fsp3) is 0.640. The second-order valence-electron chi connectivity index (χ2n) is 9.89. The average molecular weight is 439 g/mol. The molecule has 4 heterocycles. The smallest absolute Gasteiger partial charge is 0.255 e. The molecule has 7 nitrogen and oxygen atoms in total. The molecule has 0 aliphatic carbocycles. The highest BCUT2D eigenvalue weighted by molar-refractivity contribution is 6.05. The maximum absolute atomic E-state index is 12.9. The average Bonchev–Trinajstić information content (AvgIpc) is 3.14. The van der Waals surface area contributed by atoms with Gasteiger partial charge in [-0.25, -0.2) is 0 Å². The summed E-state index contributed by atoms with van der Waals surface area (Å²) in [5.41, 5.74) is 2.99. The number of fused-ring (bicyclic) bond motifs is 1. The van der Waals surface area contributed by atoms with Gasteiger partial charge < -0.3 is 15.1 Å². The molecule has 1 aromatic rings. The molecule has 32 heavy (non-hydrogen) atoms. The Morgan fingerprint density at radius 3 is 2.50 bits per heavy atom. The minimum absolute atomic E-state index is 0.0914. The van der Waals surface area contributed by atoms with E-state index in [2.05, 4.69) is 27.7 Å². The van der Waals surface area contributed by atoms with Crippen LogP contribution in [0.4, 0.5) is 0 Å². The van der Waals surface area contributed by atoms with Crippen molar-refractivity contribution >= 4 is 17.7 Å². The molecule has 5 rings (SSSR count). The van der Waals surface area contributed by atoms with Gasteiger partial charge in [-0.15, -0.1) is 0 Å². The van der Waals surface area contributed by atoms with Crippen LogP contribution in [-0.4, -0.2) is 65.8 Å². The predicted octanol–water partition coefficient (Wildman–Crippen LogP) is 1.84. The maximum Gasteiger partial charge on any atom is 0.255 e. The van der Waals surface area contributed by atoms with Gasteiger partial charge in [-0.3, -0.25) is 19.7 Å². The number of hydrogen-bond acceptors (Lipinski definition) is 5. The first-order chi connectivity index (χ1) is 15.6. The summed E-state index contributed by atoms with van der Waals surface area (Å²) in [4.78, 5) is 40.9. The first-order valence-corrected chi connectivity index (χ1v) is 12.3. The van der Waals surface area contributed by atoms with Crippen molar-refractivity contribution in [1.29, 1.82) is 0 Å². The van der Waals surface area contributed by atoms with E-state index in [-0.39, 0.29) is 24.1 Å². The lowest BCUT2D eigenvalue weighted by Gasteiger charge is -2.39. The van der Waals surface area contributed by atoms with Gasteiger partial charge >= 0.3 is 0 Å². The molecular formula is C25H34N4O3. The summed E-state index contributed by atoms with van der Waals surface area (Å²) in [6, 6.07) is 6.40. The van der Waals surface area contributed by atoms with Crippen molar-refractivity contribution in [2.45, 2.75) is 70.0 Å². The highest BCUT2D eigenvalue weighted by Gasteiger charge is 2.39. The largest absolute Gasteiger partial charge is 0.322 e. The molecule has 1 unspecified atom stereocenters. The molecule has 3 saturated heterocycles. The van der Waals surface area contributed by atoms with Gasteiger partial charge in [0.15, 0.2) is 0 Å². The van der Waals surface area contributed by atoms with Gasteiger partial charge in [0, 0.05) is 24.6 Å². The SMILES string of the molecule is O=C1CCC(N2Cc3cc(CCC4CCN(C5CCNCC5)CC4)ccc3C2=O)C(=O)N1. The van der Waals surface area contributed by atoms with E-state index in [1.807, 2.05) is 6.07 Å². The van der Waals surface area contributed by atoms with Crippen molar-refractivity contribution in [2.24, 2.45) is 5.92 Å². The zero-order chi connectivity index (χ0) is 22.1. The first kappa shape index (κ1) is 21.6. The molecule has 0 bridgehead atoms. The van der Waals surface area contributed by atoms with Gasteiger partial charge in [0.25, 0.3) is 5.91 Å². The maximum atomic E-state index is 12.9. The minimum atomic E-state index is -0.541. The molecule has 0 aromatic heterocycles. The number of likely N-dealkylation sites (tertiary alicyclic amines) is 1. The van der Waals surface area contributed by atoms with Crippen LogP contribution in [0.2, 0.25) is 0 Å². The minimum Gasteiger partial charge on any atom is -0.322 e. The predicted molar refractivity (Wildman–Crippen MR) is 121 cm³/mol. The van der Waals surface area contributed by atoms with Gasteiger partial charge in [-0.1, -0.05) is 12.1 Å². The number of benzene rings is 1. The van der Waals surface area contributed by atoms with Crippen LogP contribution >= 0.6 is 0 Å². The number of carbonyl (C=O) groups is 3. The van der Waals surface area contributed by atoms with Crippen LogP contribution in [0.1, 0.15) is 66.4 Å². The van der Waals surface area contributed by atoms with Gasteiger partial charge in [0.05, 0.1) is 0 Å². The van der Waals surface area contributed by atoms with Crippen LogP contribution in [0.15, 0.2) is 18.2 Å². The van der Waals surface area contributed by atoms with Gasteiger partial charge in [0.2, 0.25) is 11.8 Å². The molecule has 4 aliphatic rings. The van der Waals surface area contributed by atoms with Gasteiger partial charge in [-0.05, 0) is 94.2 Å². The Labute approximate surface area is 189 Å². The van der Waals surface area contributed by atoms with Crippen LogP contribution in [0, 0.1) is 5.92 Å². The van der Waals surface area contributed by atoms with E-state index in [4.69, 9.17) is 0 Å². The summed E-state index contributed by atoms with van der Waals surface area (Å²) in [6.45, 7) is 5.24. The van der Waals surface area contributed by atoms with E-state index in [0.29, 0.717) is 18.5 Å². The van der Waals surface area contributed by atoms with Crippen LogP contribution in [0.5, 0.6) is 0 Å². The normalized spacial score (nSPS) is 25.8. The molecule has 0 spiro atoms. The summed E-state index contributed by atoms with van der Waals surface area (Å²) < 4.78 is 0. The Morgan fingerprint density at radius 2 is 1.75 bits per heavy atom. The van der Waals surface area contributed by atoms with E-state index in [1.165, 1.54) is 50.8 Å². The number of imide groups is 1. The molecule has 3 amide bonds. The summed E-state index contributed by atoms with van der Waals surface area (Å²) in [6.07, 6.45) is 8.09. The number of nitrogens with one attached hydrogen (secondary N) is 2. The highest BCUT2D eigenvalue weighted by Crippen LogP contribution is 2.30. The molecule has 2 N–H and O–H groups in total. The molecule has 172 valence electrons. The summed E-state index contributed by atoms with van der Waals surface area (Å²) in [7, 11) is 0. The van der Waals surface area contributed by atoms with Gasteiger partial charge in [-0.2, -0.15) is 0 Å². The van der Waals surface area contributed by atoms with E-state index >= 15 is 0 Å². The molecule has 4 aliphatic heterocycles. The fourth-order valence-electron chi connectivity index (χ4n) is 5.93. The summed E-state index contributed by atoms with van der Waals surface area (Å²) >= 11 is 0. The van der Waals surface area contributed by atoms with Crippen LogP contribution in [0.3, 0.4) is 0 Å². The highest BCUT2D eigenvalue weighted by atomic mass is 16.2. The lowest BCUT2D eigenvalue weighted by Crippen LogP contribution is -2.52. The molecule has 0 saturated carbocycles. The number of aryl methyl sites for hydroxylation is 1. The quantitative estimate of drug-likeness (QED) is 0.686. The molecule has 0 radical (unpaired) electrons. The van der Waals surface area contributed by atoms with Crippen molar-refractivity contribution < 1.29 is 14.4 Å². The third kappa shape index (κ3) is 4.46. The van der Waals surface area contributed by atoms with E-state index in [1.54, 1.807) is 4.90 Å². The first-order valence-electron chi connectivity index (χ1n) is 12.3. The van der Waals surface area contributed by atoms with Crippen molar-refractivity contribution in [3.63, 3.8) is 0 Å². The number of nitrogens with zero attached hydrogens (tertiary/aromatic N) is 2. The van der Waals surface area contributed by atoms with Crippen molar-refractivity contribution in [3.8, 4) is 0 Å². The van der Waals surface area contributed by atoms with E-state index in [0.717, 1.165) is 37.0 Å². The van der Waals surface area contributed by atoms with Crippen molar-refractivity contribution in [3.05, 3.63) is 34.9 Å². The Bertz CT molecular complexity index is 887. The second-order valence-corrected chi connectivity index (χ2v) is 9.89. The number of piperidine rings is 3. The summed E-state index contributed by atoms with van der Waals surface area (Å²) in [5.74, 6) is 0.0897. The third-order valence-electron chi connectivity index (χ3n) is 7.90. The third-order valence-corrected chi connectivity index (χ3v) is 7.90. The van der Waals surface area contributed by atoms with E-state index < -0.39 is 6.04 Å². The van der Waals surface area contributed by atoms with Crippen LogP contribution in [-0.2, 0) is 22.6 Å². The topological polar surface area (TPSA) is 81.8 Å². The fourth-order valence-corrected chi connectivity index (χ4v) is 5.93.